The van der Waals surface area contributed by atoms with Gasteiger partial charge in [0.1, 0.15) is 0 Å². The Balaban J connectivity index is 2.98. The molecule has 0 heterocycles. The van der Waals surface area contributed by atoms with Gasteiger partial charge < -0.3 is 0 Å². The maximum absolute atomic E-state index is 8.63. The molecule has 0 aliphatic rings. The van der Waals surface area contributed by atoms with Crippen LogP contribution in [0.25, 0.3) is 5.53 Å². The molecule has 3 heteroatoms. The van der Waals surface area contributed by atoms with Gasteiger partial charge in [0.15, 0.2) is 0 Å². The first-order valence-electron chi connectivity index (χ1n) is 2.59. The van der Waals surface area contributed by atoms with Gasteiger partial charge in [-0.3, -0.25) is 5.84 Å². The Morgan fingerprint density at radius 2 is 1.78 bits per heavy atom. The van der Waals surface area contributed by atoms with Crippen LogP contribution < -0.4 is 5.84 Å². The van der Waals surface area contributed by atoms with Crippen molar-refractivity contribution in [1.29, 1.82) is 0 Å². The summed E-state index contributed by atoms with van der Waals surface area (Å²) in [4.78, 5) is 0.583. The van der Waals surface area contributed by atoms with E-state index in [0.29, 0.717) is 10.5 Å². The van der Waals surface area contributed by atoms with Crippen LogP contribution in [-0.2, 0) is 0 Å². The van der Waals surface area contributed by atoms with Gasteiger partial charge in [-0.1, -0.05) is 18.2 Å². The Morgan fingerprint density at radius 3 is 2.11 bits per heavy atom. The lowest BCUT2D eigenvalue weighted by Gasteiger charge is -1.91. The average molecular weight is 121 g/mol. The van der Waals surface area contributed by atoms with Crippen molar-refractivity contribution in [3.8, 4) is 0 Å². The summed E-state index contributed by atoms with van der Waals surface area (Å²) in [5, 5.41) is 0. The fourth-order valence-corrected chi connectivity index (χ4v) is 0.581. The fourth-order valence-electron chi connectivity index (χ4n) is 0.581. The van der Waals surface area contributed by atoms with Crippen LogP contribution in [0.5, 0.6) is 0 Å². The van der Waals surface area contributed by atoms with E-state index in [0.717, 1.165) is 0 Å². The monoisotopic (exact) mass is 121 g/mol. The van der Waals surface area contributed by atoms with Gasteiger partial charge in [-0.25, -0.2) is 0 Å². The number of nitrogens with zero attached hydrogens (tertiary/aromatic N) is 2. The number of hydrazine groups is 1. The molecule has 0 aliphatic carbocycles. The van der Waals surface area contributed by atoms with E-state index in [1.807, 2.05) is 6.07 Å². The SMILES string of the molecule is [N-]=[N+](N)c1ccccc1. The minimum absolute atomic E-state index is 0.581. The summed E-state index contributed by atoms with van der Waals surface area (Å²) in [5.74, 6) is 5.00. The predicted octanol–water partition coefficient (Wildman–Crippen LogP) is 1.23. The molecule has 1 aromatic carbocycles. The Bertz CT molecular complexity index is 205. The van der Waals surface area contributed by atoms with E-state index in [1.165, 1.54) is 0 Å². The molecule has 0 fully saturated rings. The molecule has 1 rings (SSSR count). The van der Waals surface area contributed by atoms with Gasteiger partial charge in [0.05, 0.1) is 0 Å². The maximum Gasteiger partial charge on any atom is 0.224 e. The molecule has 0 aromatic heterocycles. The van der Waals surface area contributed by atoms with Gasteiger partial charge in [-0.15, -0.1) is 10.3 Å². The van der Waals surface area contributed by atoms with Crippen LogP contribution in [0.2, 0.25) is 0 Å². The van der Waals surface area contributed by atoms with Crippen LogP contribution >= 0.6 is 0 Å². The zero-order chi connectivity index (χ0) is 6.69. The minimum atomic E-state index is 0.581. The van der Waals surface area contributed by atoms with Crippen LogP contribution in [-0.4, -0.2) is 4.81 Å². The van der Waals surface area contributed by atoms with Gasteiger partial charge in [0.2, 0.25) is 5.69 Å². The van der Waals surface area contributed by atoms with Crippen LogP contribution in [0.3, 0.4) is 0 Å². The van der Waals surface area contributed by atoms with Gasteiger partial charge in [-0.2, -0.15) is 0 Å². The number of nitrogens with two attached hydrogens (primary N) is 1. The van der Waals surface area contributed by atoms with Crippen LogP contribution in [0.1, 0.15) is 0 Å². The zero-order valence-electron chi connectivity index (χ0n) is 4.86. The highest BCUT2D eigenvalue weighted by Gasteiger charge is 1.92. The number of hydrogen-bond donors (Lipinski definition) is 1. The third kappa shape index (κ3) is 1.25. The van der Waals surface area contributed by atoms with E-state index in [9.17, 15) is 0 Å². The highest BCUT2D eigenvalue weighted by molar-refractivity contribution is 5.27. The van der Waals surface area contributed by atoms with Crippen LogP contribution in [0.4, 0.5) is 5.69 Å². The van der Waals surface area contributed by atoms with Crippen molar-refractivity contribution < 1.29 is 4.81 Å². The van der Waals surface area contributed by atoms with E-state index in [4.69, 9.17) is 11.4 Å². The predicted molar refractivity (Wildman–Crippen MR) is 33.9 cm³/mol. The lowest BCUT2D eigenvalue weighted by atomic mass is 10.3. The molecule has 0 bridgehead atoms. The highest BCUT2D eigenvalue weighted by atomic mass is 15.4. The fraction of sp³-hybridized carbons (Fsp3) is 0. The number of hydrogen-bond acceptors (Lipinski definition) is 0. The second kappa shape index (κ2) is 2.26. The lowest BCUT2D eigenvalue weighted by molar-refractivity contribution is -0.475. The number of para-hydroxylation sites is 1. The molecule has 0 radical (unpaired) electrons. The van der Waals surface area contributed by atoms with Crippen molar-refractivity contribution in [3.05, 3.63) is 35.9 Å². The van der Waals surface area contributed by atoms with Crippen molar-refractivity contribution >= 4 is 5.69 Å². The lowest BCUT2D eigenvalue weighted by Crippen LogP contribution is -2.06. The minimum Gasteiger partial charge on any atom is -0.297 e. The molecule has 0 unspecified atom stereocenters. The van der Waals surface area contributed by atoms with Crippen LogP contribution in [0.15, 0.2) is 30.3 Å². The van der Waals surface area contributed by atoms with Gasteiger partial charge in [0.25, 0.3) is 0 Å². The normalized spacial score (nSPS) is 8.89. The molecule has 0 atom stereocenters. The molecular formula is C6H7N3. The number of rotatable bonds is 1. The van der Waals surface area contributed by atoms with Crippen molar-refractivity contribution in [2.45, 2.75) is 0 Å². The van der Waals surface area contributed by atoms with Gasteiger partial charge >= 0.3 is 0 Å². The smallest absolute Gasteiger partial charge is 0.224 e. The Labute approximate surface area is 53.2 Å². The summed E-state index contributed by atoms with van der Waals surface area (Å²) in [7, 11) is 0. The zero-order valence-corrected chi connectivity index (χ0v) is 4.86. The summed E-state index contributed by atoms with van der Waals surface area (Å²) < 4.78 is 0. The first-order valence-corrected chi connectivity index (χ1v) is 2.59. The van der Waals surface area contributed by atoms with Crippen molar-refractivity contribution in [2.24, 2.45) is 5.84 Å². The van der Waals surface area contributed by atoms with Crippen LogP contribution in [0, 0.1) is 0 Å². The molecule has 46 valence electrons. The topological polar surface area (TPSA) is 51.3 Å². The van der Waals surface area contributed by atoms with Crippen molar-refractivity contribution in [2.75, 3.05) is 0 Å². The molecule has 0 spiro atoms. The van der Waals surface area contributed by atoms with E-state index in [1.54, 1.807) is 24.3 Å². The maximum atomic E-state index is 8.63. The van der Waals surface area contributed by atoms with Crippen molar-refractivity contribution in [1.82, 2.24) is 0 Å². The molecule has 0 amide bonds. The van der Waals surface area contributed by atoms with Gasteiger partial charge in [-0.05, 0) is 0 Å². The third-order valence-electron chi connectivity index (χ3n) is 1.02. The molecule has 3 nitrogen and oxygen atoms in total. The number of benzene rings is 1. The Morgan fingerprint density at radius 1 is 1.22 bits per heavy atom. The average Bonchev–Trinajstić information content (AvgIpc) is 1.90. The quantitative estimate of drug-likeness (QED) is 0.258. The van der Waals surface area contributed by atoms with E-state index < -0.39 is 0 Å². The molecule has 0 aliphatic heterocycles. The summed E-state index contributed by atoms with van der Waals surface area (Å²) in [6, 6.07) is 8.86. The first-order chi connectivity index (χ1) is 4.30. The molecule has 0 saturated carbocycles. The summed E-state index contributed by atoms with van der Waals surface area (Å²) >= 11 is 0. The molecule has 9 heavy (non-hydrogen) atoms. The van der Waals surface area contributed by atoms with E-state index >= 15 is 0 Å². The first kappa shape index (κ1) is 5.75. The molecule has 0 saturated heterocycles. The summed E-state index contributed by atoms with van der Waals surface area (Å²) in [5.41, 5.74) is 9.22. The highest BCUT2D eigenvalue weighted by Crippen LogP contribution is 2.05. The Kier molecular flexibility index (Phi) is 1.44. The largest absolute Gasteiger partial charge is 0.297 e. The second-order valence-electron chi connectivity index (χ2n) is 1.68. The Hall–Kier alpha value is -1.38. The second-order valence-corrected chi connectivity index (χ2v) is 1.68. The van der Waals surface area contributed by atoms with Gasteiger partial charge in [0, 0.05) is 12.1 Å². The van der Waals surface area contributed by atoms with Crippen molar-refractivity contribution in [3.63, 3.8) is 0 Å². The molecular weight excluding hydrogens is 114 g/mol. The summed E-state index contributed by atoms with van der Waals surface area (Å²) in [6.07, 6.45) is 0. The molecule has 2 N–H and O–H groups in total. The molecule has 1 aromatic rings. The van der Waals surface area contributed by atoms with E-state index in [2.05, 4.69) is 0 Å². The standard InChI is InChI=1S/C6H7N3/c7-9(8)6-4-2-1-3-5-6/h1-5H,7H2. The third-order valence-corrected chi connectivity index (χ3v) is 1.02. The van der Waals surface area contributed by atoms with E-state index in [-0.39, 0.29) is 0 Å². The summed E-state index contributed by atoms with van der Waals surface area (Å²) in [6.45, 7) is 0.